The largest absolute Gasteiger partial charge is 0.491 e. The monoisotopic (exact) mass is 642 g/mol. The first kappa shape index (κ1) is 30.2. The zero-order chi connectivity index (χ0) is 32.8. The molecule has 0 atom stereocenters. The minimum Gasteiger partial charge on any atom is -0.491 e. The van der Waals surface area contributed by atoms with Crippen LogP contribution < -0.4 is 20.1 Å². The van der Waals surface area contributed by atoms with Crippen LogP contribution in [0.4, 0.5) is 22.7 Å². The molecule has 2 aromatic heterocycles. The molecule has 0 aliphatic heterocycles. The molecule has 0 fully saturated rings. The van der Waals surface area contributed by atoms with Crippen LogP contribution >= 0.6 is 0 Å². The maximum absolute atomic E-state index is 5.92. The van der Waals surface area contributed by atoms with Crippen LogP contribution in [-0.2, 0) is 4.74 Å². The van der Waals surface area contributed by atoms with E-state index < -0.39 is 0 Å². The SMILES string of the molecule is c1ccc2c(Nc3ccc(OCCOCCOc4ccc(Nc5c6ccccc6nc6ccccc56)cc4)cc3)c3ccccc3nc2c1. The van der Waals surface area contributed by atoms with Gasteiger partial charge in [-0.05, 0) is 72.8 Å². The first-order chi connectivity index (χ1) is 24.3. The summed E-state index contributed by atoms with van der Waals surface area (Å²) in [5, 5.41) is 11.5. The number of pyridine rings is 2. The van der Waals surface area contributed by atoms with E-state index in [1.165, 1.54) is 0 Å². The molecule has 0 amide bonds. The van der Waals surface area contributed by atoms with Gasteiger partial charge in [-0.15, -0.1) is 0 Å². The van der Waals surface area contributed by atoms with Crippen LogP contribution in [0, 0.1) is 0 Å². The number of fused-ring (bicyclic) bond motifs is 4. The summed E-state index contributed by atoms with van der Waals surface area (Å²) in [7, 11) is 0. The van der Waals surface area contributed by atoms with Crippen molar-refractivity contribution in [2.75, 3.05) is 37.1 Å². The summed E-state index contributed by atoms with van der Waals surface area (Å²) in [5.41, 5.74) is 7.90. The Morgan fingerprint density at radius 2 is 0.694 bits per heavy atom. The molecule has 0 saturated carbocycles. The molecule has 0 saturated heterocycles. The van der Waals surface area contributed by atoms with Gasteiger partial charge in [0.1, 0.15) is 24.7 Å². The molecule has 8 aromatic rings. The van der Waals surface area contributed by atoms with E-state index in [0.29, 0.717) is 26.4 Å². The van der Waals surface area contributed by atoms with E-state index in [9.17, 15) is 0 Å². The minimum absolute atomic E-state index is 0.450. The van der Waals surface area contributed by atoms with Crippen molar-refractivity contribution in [3.05, 3.63) is 146 Å². The second kappa shape index (κ2) is 13.9. The van der Waals surface area contributed by atoms with Gasteiger partial charge in [-0.1, -0.05) is 72.8 Å². The van der Waals surface area contributed by atoms with Crippen molar-refractivity contribution in [2.45, 2.75) is 0 Å². The summed E-state index contributed by atoms with van der Waals surface area (Å²) in [5.74, 6) is 1.58. The van der Waals surface area contributed by atoms with Crippen molar-refractivity contribution in [2.24, 2.45) is 0 Å². The number of ether oxygens (including phenoxy) is 3. The third kappa shape index (κ3) is 6.66. The minimum atomic E-state index is 0.450. The van der Waals surface area contributed by atoms with E-state index in [1.54, 1.807) is 0 Å². The van der Waals surface area contributed by atoms with Gasteiger partial charge in [0, 0.05) is 32.9 Å². The van der Waals surface area contributed by atoms with Crippen molar-refractivity contribution in [1.82, 2.24) is 9.97 Å². The highest BCUT2D eigenvalue weighted by Crippen LogP contribution is 2.35. The summed E-state index contributed by atoms with van der Waals surface area (Å²) in [4.78, 5) is 9.63. The summed E-state index contributed by atoms with van der Waals surface area (Å²) in [6.07, 6.45) is 0. The Bertz CT molecular complexity index is 2100. The van der Waals surface area contributed by atoms with Crippen LogP contribution in [0.25, 0.3) is 43.6 Å². The summed E-state index contributed by atoms with van der Waals surface area (Å²) >= 11 is 0. The molecule has 6 aromatic carbocycles. The van der Waals surface area contributed by atoms with E-state index in [1.807, 2.05) is 121 Å². The molecule has 0 bridgehead atoms. The van der Waals surface area contributed by atoms with Crippen molar-refractivity contribution in [1.29, 1.82) is 0 Å². The molecule has 49 heavy (non-hydrogen) atoms. The second-order valence-corrected chi connectivity index (χ2v) is 11.7. The molecule has 7 nitrogen and oxygen atoms in total. The number of hydrogen-bond acceptors (Lipinski definition) is 7. The van der Waals surface area contributed by atoms with Crippen LogP contribution in [-0.4, -0.2) is 36.4 Å². The van der Waals surface area contributed by atoms with Gasteiger partial charge in [-0.3, -0.25) is 0 Å². The molecule has 0 spiro atoms. The second-order valence-electron chi connectivity index (χ2n) is 11.7. The van der Waals surface area contributed by atoms with E-state index in [2.05, 4.69) is 34.9 Å². The molecule has 2 heterocycles. The highest BCUT2D eigenvalue weighted by atomic mass is 16.5. The lowest BCUT2D eigenvalue weighted by Crippen LogP contribution is -2.12. The number of hydrogen-bond donors (Lipinski definition) is 2. The predicted molar refractivity (Wildman–Crippen MR) is 200 cm³/mol. The number of aromatic nitrogens is 2. The van der Waals surface area contributed by atoms with Gasteiger partial charge in [-0.25, -0.2) is 9.97 Å². The molecule has 0 unspecified atom stereocenters. The molecule has 240 valence electrons. The maximum Gasteiger partial charge on any atom is 0.119 e. The highest BCUT2D eigenvalue weighted by Gasteiger charge is 2.11. The highest BCUT2D eigenvalue weighted by molar-refractivity contribution is 6.09. The third-order valence-electron chi connectivity index (χ3n) is 8.42. The Morgan fingerprint density at radius 1 is 0.367 bits per heavy atom. The number of benzene rings is 6. The summed E-state index contributed by atoms with van der Waals surface area (Å²) in [6, 6.07) is 48.7. The maximum atomic E-state index is 5.92. The van der Waals surface area contributed by atoms with Gasteiger partial charge < -0.3 is 24.8 Å². The molecule has 7 heteroatoms. The standard InChI is InChI=1S/C42H34N4O3/c1-5-13-37-33(9-1)41(34-10-2-6-14-38(34)45-37)43-29-17-21-31(22-18-29)48-27-25-47-26-28-49-32-23-19-30(20-24-32)44-42-35-11-3-7-15-39(35)46-40-16-8-4-12-36(40)42/h1-24H,25-28H2,(H,43,45)(H,44,46). The Labute approximate surface area is 284 Å². The van der Waals surface area contributed by atoms with E-state index in [-0.39, 0.29) is 0 Å². The van der Waals surface area contributed by atoms with Crippen LogP contribution in [0.5, 0.6) is 11.5 Å². The fourth-order valence-corrected chi connectivity index (χ4v) is 6.05. The van der Waals surface area contributed by atoms with Crippen LogP contribution in [0.2, 0.25) is 0 Å². The average Bonchev–Trinajstić information content (AvgIpc) is 3.15. The number of anilines is 4. The first-order valence-electron chi connectivity index (χ1n) is 16.4. The van der Waals surface area contributed by atoms with Gasteiger partial charge in [0.15, 0.2) is 0 Å². The fourth-order valence-electron chi connectivity index (χ4n) is 6.05. The van der Waals surface area contributed by atoms with Gasteiger partial charge in [0.25, 0.3) is 0 Å². The Balaban J connectivity index is 0.799. The number of nitrogens with zero attached hydrogens (tertiary/aromatic N) is 2. The van der Waals surface area contributed by atoms with Crippen molar-refractivity contribution >= 4 is 66.4 Å². The number of nitrogens with one attached hydrogen (secondary N) is 2. The van der Waals surface area contributed by atoms with Crippen molar-refractivity contribution in [3.8, 4) is 11.5 Å². The van der Waals surface area contributed by atoms with Gasteiger partial charge >= 0.3 is 0 Å². The average molecular weight is 643 g/mol. The lowest BCUT2D eigenvalue weighted by molar-refractivity contribution is 0.0764. The molecular formula is C42H34N4O3. The predicted octanol–water partition coefficient (Wildman–Crippen LogP) is 10.1. The Hall–Kier alpha value is -6.18. The molecule has 2 N–H and O–H groups in total. The quantitative estimate of drug-likeness (QED) is 0.101. The van der Waals surface area contributed by atoms with Gasteiger partial charge in [-0.2, -0.15) is 0 Å². The smallest absolute Gasteiger partial charge is 0.119 e. The topological polar surface area (TPSA) is 77.5 Å². The van der Waals surface area contributed by atoms with Gasteiger partial charge in [0.2, 0.25) is 0 Å². The lowest BCUT2D eigenvalue weighted by Gasteiger charge is -2.14. The zero-order valence-electron chi connectivity index (χ0n) is 26.8. The van der Waals surface area contributed by atoms with Crippen LogP contribution in [0.15, 0.2) is 146 Å². The molecule has 0 aliphatic carbocycles. The number of rotatable bonds is 12. The fraction of sp³-hybridized carbons (Fsp3) is 0.0952. The van der Waals surface area contributed by atoms with Gasteiger partial charge in [0.05, 0.1) is 46.7 Å². The van der Waals surface area contributed by atoms with Crippen molar-refractivity contribution in [3.63, 3.8) is 0 Å². The molecule has 0 aliphatic rings. The van der Waals surface area contributed by atoms with E-state index >= 15 is 0 Å². The third-order valence-corrected chi connectivity index (χ3v) is 8.42. The Morgan fingerprint density at radius 3 is 1.04 bits per heavy atom. The first-order valence-corrected chi connectivity index (χ1v) is 16.4. The van der Waals surface area contributed by atoms with E-state index in [0.717, 1.165) is 77.9 Å². The molecular weight excluding hydrogens is 608 g/mol. The lowest BCUT2D eigenvalue weighted by atomic mass is 10.1. The van der Waals surface area contributed by atoms with Crippen LogP contribution in [0.1, 0.15) is 0 Å². The summed E-state index contributed by atoms with van der Waals surface area (Å²) in [6.45, 7) is 1.83. The summed E-state index contributed by atoms with van der Waals surface area (Å²) < 4.78 is 17.6. The number of para-hydroxylation sites is 4. The Kier molecular flexibility index (Phi) is 8.56. The van der Waals surface area contributed by atoms with Crippen molar-refractivity contribution < 1.29 is 14.2 Å². The van der Waals surface area contributed by atoms with Crippen LogP contribution in [0.3, 0.4) is 0 Å². The molecule has 0 radical (unpaired) electrons. The van der Waals surface area contributed by atoms with E-state index in [4.69, 9.17) is 24.2 Å². The molecule has 8 rings (SSSR count). The zero-order valence-corrected chi connectivity index (χ0v) is 26.8. The normalized spacial score (nSPS) is 11.3.